The molecule has 0 saturated carbocycles. The Balaban J connectivity index is 3.69. The van der Waals surface area contributed by atoms with E-state index in [0.717, 1.165) is 0 Å². The highest BCUT2D eigenvalue weighted by molar-refractivity contribution is 7.10. The van der Waals surface area contributed by atoms with Crippen molar-refractivity contribution in [2.24, 2.45) is 0 Å². The molecule has 5 heteroatoms. The van der Waals surface area contributed by atoms with Crippen molar-refractivity contribution in [3.8, 4) is 0 Å². The van der Waals surface area contributed by atoms with Crippen molar-refractivity contribution in [3.63, 3.8) is 0 Å². The Labute approximate surface area is 66.1 Å². The largest absolute Gasteiger partial charge is 0.385 e. The zero-order valence-electron chi connectivity index (χ0n) is 6.04. The Morgan fingerprint density at radius 2 is 1.70 bits per heavy atom. The van der Waals surface area contributed by atoms with E-state index in [1.807, 2.05) is 6.92 Å². The zero-order valence-corrected chi connectivity index (χ0v) is 8.35. The van der Waals surface area contributed by atoms with Crippen molar-refractivity contribution in [3.05, 3.63) is 0 Å². The third-order valence-corrected chi connectivity index (χ3v) is 1.70. The minimum atomic E-state index is -0.844. The second-order valence-electron chi connectivity index (χ2n) is 2.20. The molecular formula is C5H14O3P2. The fourth-order valence-electron chi connectivity index (χ4n) is 0.556. The molecule has 0 spiro atoms. The Hall–Kier alpha value is 0.740. The van der Waals surface area contributed by atoms with E-state index >= 15 is 0 Å². The molecule has 0 aliphatic rings. The SMILES string of the molecule is CCC(O)(COP)COP. The van der Waals surface area contributed by atoms with Crippen molar-refractivity contribution in [1.82, 2.24) is 0 Å². The van der Waals surface area contributed by atoms with Crippen LogP contribution < -0.4 is 0 Å². The van der Waals surface area contributed by atoms with Crippen LogP contribution in [0.15, 0.2) is 0 Å². The van der Waals surface area contributed by atoms with Crippen molar-refractivity contribution in [2.75, 3.05) is 13.2 Å². The summed E-state index contributed by atoms with van der Waals surface area (Å²) in [4.78, 5) is 0. The number of aliphatic hydroxyl groups is 1. The summed E-state index contributed by atoms with van der Waals surface area (Å²) in [6.45, 7) is 2.44. The standard InChI is InChI=1S/C5H14O3P2/c1-2-5(6,3-7-9)4-8-10/h6H,2-4,9-10H2,1H3. The molecule has 2 unspecified atom stereocenters. The predicted molar refractivity (Wildman–Crippen MR) is 46.6 cm³/mol. The van der Waals surface area contributed by atoms with Crippen molar-refractivity contribution in [1.29, 1.82) is 0 Å². The lowest BCUT2D eigenvalue weighted by atomic mass is 10.0. The van der Waals surface area contributed by atoms with Gasteiger partial charge in [0, 0.05) is 18.9 Å². The van der Waals surface area contributed by atoms with E-state index in [9.17, 15) is 5.11 Å². The smallest absolute Gasteiger partial charge is 0.112 e. The van der Waals surface area contributed by atoms with Gasteiger partial charge in [0.05, 0.1) is 13.2 Å². The molecule has 0 bridgehead atoms. The molecule has 0 aromatic heterocycles. The van der Waals surface area contributed by atoms with Gasteiger partial charge in [0.15, 0.2) is 0 Å². The Bertz CT molecular complexity index is 83.0. The van der Waals surface area contributed by atoms with Crippen LogP contribution in [-0.4, -0.2) is 23.9 Å². The minimum absolute atomic E-state index is 0.280. The van der Waals surface area contributed by atoms with Crippen LogP contribution in [0.2, 0.25) is 0 Å². The molecule has 2 atom stereocenters. The first-order valence-electron chi connectivity index (χ1n) is 3.04. The topological polar surface area (TPSA) is 38.7 Å². The second kappa shape index (κ2) is 5.40. The fourth-order valence-corrected chi connectivity index (χ4v) is 1.18. The quantitative estimate of drug-likeness (QED) is 0.640. The van der Waals surface area contributed by atoms with Crippen molar-refractivity contribution in [2.45, 2.75) is 18.9 Å². The van der Waals surface area contributed by atoms with Gasteiger partial charge in [-0.2, -0.15) is 0 Å². The molecule has 0 aromatic rings. The predicted octanol–water partition coefficient (Wildman–Crippen LogP) is 0.741. The van der Waals surface area contributed by atoms with Crippen LogP contribution in [0.3, 0.4) is 0 Å². The van der Waals surface area contributed by atoms with Crippen LogP contribution in [0.1, 0.15) is 13.3 Å². The number of rotatable bonds is 5. The highest BCUT2D eigenvalue weighted by Crippen LogP contribution is 2.13. The van der Waals surface area contributed by atoms with E-state index < -0.39 is 5.60 Å². The van der Waals surface area contributed by atoms with Crippen LogP contribution in [0, 0.1) is 0 Å². The molecule has 0 aromatic carbocycles. The Morgan fingerprint density at radius 1 is 1.30 bits per heavy atom. The zero-order chi connectivity index (χ0) is 8.04. The summed E-state index contributed by atoms with van der Waals surface area (Å²) < 4.78 is 9.46. The average Bonchev–Trinajstić information content (AvgIpc) is 1.89. The number of hydrogen-bond acceptors (Lipinski definition) is 3. The molecule has 10 heavy (non-hydrogen) atoms. The first kappa shape index (κ1) is 10.7. The lowest BCUT2D eigenvalue weighted by molar-refractivity contribution is -0.0338. The maximum Gasteiger partial charge on any atom is 0.112 e. The van der Waals surface area contributed by atoms with Gasteiger partial charge in [-0.05, 0) is 6.42 Å². The van der Waals surface area contributed by atoms with Gasteiger partial charge < -0.3 is 14.2 Å². The van der Waals surface area contributed by atoms with Crippen LogP contribution in [-0.2, 0) is 9.05 Å². The van der Waals surface area contributed by atoms with Gasteiger partial charge in [0.2, 0.25) is 0 Å². The first-order chi connectivity index (χ1) is 4.68. The third-order valence-electron chi connectivity index (χ3n) is 1.36. The molecule has 0 radical (unpaired) electrons. The maximum atomic E-state index is 9.54. The van der Waals surface area contributed by atoms with Crippen molar-refractivity contribution >= 4 is 18.9 Å². The Morgan fingerprint density at radius 3 is 1.90 bits per heavy atom. The van der Waals surface area contributed by atoms with Crippen molar-refractivity contribution < 1.29 is 14.2 Å². The molecular weight excluding hydrogens is 170 g/mol. The van der Waals surface area contributed by atoms with Gasteiger partial charge in [-0.3, -0.25) is 0 Å². The van der Waals surface area contributed by atoms with Crippen LogP contribution >= 0.6 is 18.9 Å². The van der Waals surface area contributed by atoms with E-state index in [-0.39, 0.29) is 13.2 Å². The fraction of sp³-hybridized carbons (Fsp3) is 1.00. The lowest BCUT2D eigenvalue weighted by Gasteiger charge is -2.23. The van der Waals surface area contributed by atoms with Gasteiger partial charge in [-0.25, -0.2) is 0 Å². The normalized spacial score (nSPS) is 12.0. The summed E-state index contributed by atoms with van der Waals surface area (Å²) in [6.07, 6.45) is 0.621. The summed E-state index contributed by atoms with van der Waals surface area (Å²) in [5, 5.41) is 9.54. The maximum absolute atomic E-state index is 9.54. The monoisotopic (exact) mass is 184 g/mol. The summed E-state index contributed by atoms with van der Waals surface area (Å²) in [6, 6.07) is 0. The van der Waals surface area contributed by atoms with Crippen LogP contribution in [0.4, 0.5) is 0 Å². The van der Waals surface area contributed by atoms with Crippen LogP contribution in [0.5, 0.6) is 0 Å². The van der Waals surface area contributed by atoms with Gasteiger partial charge >= 0.3 is 0 Å². The van der Waals surface area contributed by atoms with E-state index in [0.29, 0.717) is 6.42 Å². The van der Waals surface area contributed by atoms with Gasteiger partial charge in [-0.15, -0.1) is 0 Å². The lowest BCUT2D eigenvalue weighted by Crippen LogP contribution is -2.36. The minimum Gasteiger partial charge on any atom is -0.385 e. The second-order valence-corrected chi connectivity index (χ2v) is 2.87. The highest BCUT2D eigenvalue weighted by atomic mass is 31.0. The third kappa shape index (κ3) is 3.80. The molecule has 0 saturated heterocycles. The molecule has 0 rings (SSSR count). The summed E-state index contributed by atoms with van der Waals surface area (Å²) in [7, 11) is 4.20. The average molecular weight is 184 g/mol. The molecule has 0 aliphatic carbocycles. The molecule has 0 heterocycles. The summed E-state index contributed by atoms with van der Waals surface area (Å²) >= 11 is 0. The van der Waals surface area contributed by atoms with Gasteiger partial charge in [0.1, 0.15) is 5.60 Å². The van der Waals surface area contributed by atoms with Crippen LogP contribution in [0.25, 0.3) is 0 Å². The van der Waals surface area contributed by atoms with E-state index in [1.165, 1.54) is 0 Å². The Kier molecular flexibility index (Phi) is 5.80. The molecule has 1 N–H and O–H groups in total. The number of hydrogen-bond donors (Lipinski definition) is 1. The van der Waals surface area contributed by atoms with E-state index in [2.05, 4.69) is 18.9 Å². The molecule has 3 nitrogen and oxygen atoms in total. The molecule has 0 aliphatic heterocycles. The molecule has 0 fully saturated rings. The van der Waals surface area contributed by atoms with Gasteiger partial charge in [-0.1, -0.05) is 6.92 Å². The summed E-state index contributed by atoms with van der Waals surface area (Å²) in [5.41, 5.74) is -0.844. The highest BCUT2D eigenvalue weighted by Gasteiger charge is 2.24. The summed E-state index contributed by atoms with van der Waals surface area (Å²) in [5.74, 6) is 0. The van der Waals surface area contributed by atoms with E-state index in [4.69, 9.17) is 9.05 Å². The molecule has 62 valence electrons. The molecule has 0 amide bonds. The first-order valence-corrected chi connectivity index (χ1v) is 3.98. The van der Waals surface area contributed by atoms with E-state index in [1.54, 1.807) is 0 Å². The van der Waals surface area contributed by atoms with Gasteiger partial charge in [0.25, 0.3) is 0 Å².